The van der Waals surface area contributed by atoms with Crippen LogP contribution in [0.15, 0.2) is 46.1 Å². The molecule has 1 aromatic carbocycles. The zero-order valence-corrected chi connectivity index (χ0v) is 33.3. The van der Waals surface area contributed by atoms with Gasteiger partial charge in [0.15, 0.2) is 6.23 Å². The van der Waals surface area contributed by atoms with Gasteiger partial charge in [0.05, 0.1) is 37.4 Å². The number of nitrogens with one attached hydrogen (secondary N) is 1. The maximum atomic E-state index is 13.5. The summed E-state index contributed by atoms with van der Waals surface area (Å²) in [7, 11) is -8.29. The number of ether oxygens (including phenoxy) is 2. The van der Waals surface area contributed by atoms with E-state index in [1.807, 2.05) is 24.3 Å². The van der Waals surface area contributed by atoms with Gasteiger partial charge in [-0.1, -0.05) is 67.5 Å². The summed E-state index contributed by atoms with van der Waals surface area (Å²) >= 11 is 1.51. The second kappa shape index (κ2) is 15.2. The minimum Gasteiger partial charge on any atom is -0.497 e. The molecule has 48 heavy (non-hydrogen) atoms. The van der Waals surface area contributed by atoms with E-state index in [-0.39, 0.29) is 41.8 Å². The molecule has 4 atom stereocenters. The normalized spacial score (nSPS) is 25.8. The van der Waals surface area contributed by atoms with Crippen molar-refractivity contribution >= 4 is 39.0 Å². The predicted molar refractivity (Wildman–Crippen MR) is 191 cm³/mol. The van der Waals surface area contributed by atoms with E-state index in [0.29, 0.717) is 11.5 Å². The minimum absolute atomic E-state index is 0.00985. The fourth-order valence-electron chi connectivity index (χ4n) is 6.93. The van der Waals surface area contributed by atoms with Crippen LogP contribution < -0.4 is 16.0 Å². The number of aromatic amines is 1. The van der Waals surface area contributed by atoms with Gasteiger partial charge in [-0.3, -0.25) is 18.5 Å². The zero-order chi connectivity index (χ0) is 35.7. The van der Waals surface area contributed by atoms with E-state index >= 15 is 0 Å². The second-order valence-corrected chi connectivity index (χ2v) is 25.8. The molecule has 2 aliphatic rings. The van der Waals surface area contributed by atoms with Gasteiger partial charge in [-0.25, -0.2) is 4.79 Å². The Hall–Kier alpha value is -1.77. The molecule has 0 bridgehead atoms. The van der Waals surface area contributed by atoms with Crippen LogP contribution in [0.5, 0.6) is 5.75 Å². The molecule has 1 N–H and O–H groups in total. The first kappa shape index (κ1) is 39.0. The number of nitrogens with zero attached hydrogens (tertiary/aromatic N) is 1. The highest BCUT2D eigenvalue weighted by Crippen LogP contribution is 2.56. The smallest absolute Gasteiger partial charge is 0.335 e. The third-order valence-corrected chi connectivity index (χ3v) is 21.9. The van der Waals surface area contributed by atoms with Gasteiger partial charge in [-0.15, -0.1) is 11.8 Å². The lowest BCUT2D eigenvalue weighted by Gasteiger charge is -2.52. The van der Waals surface area contributed by atoms with Crippen LogP contribution in [0, 0.1) is 0 Å². The van der Waals surface area contributed by atoms with Gasteiger partial charge in [0, 0.05) is 18.0 Å². The summed E-state index contributed by atoms with van der Waals surface area (Å²) in [5.41, 5.74) is 0.0199. The van der Waals surface area contributed by atoms with Crippen molar-refractivity contribution in [1.29, 1.82) is 0 Å². The fourth-order valence-corrected chi connectivity index (χ4v) is 20.2. The molecule has 0 aliphatic carbocycles. The van der Waals surface area contributed by atoms with Gasteiger partial charge in [-0.05, 0) is 46.3 Å². The van der Waals surface area contributed by atoms with Gasteiger partial charge in [0.2, 0.25) is 0 Å². The molecule has 0 amide bonds. The first-order valence-electron chi connectivity index (χ1n) is 16.5. The van der Waals surface area contributed by atoms with E-state index in [2.05, 4.69) is 60.4 Å². The third kappa shape index (κ3) is 7.91. The lowest BCUT2D eigenvalue weighted by molar-refractivity contribution is -0.0571. The summed E-state index contributed by atoms with van der Waals surface area (Å²) in [5.74, 6) is 1.18. The molecular formula is C32H52N2O10S2Si2. The van der Waals surface area contributed by atoms with E-state index in [9.17, 15) is 18.0 Å². The molecule has 4 rings (SSSR count). The first-order chi connectivity index (χ1) is 22.4. The molecule has 2 aliphatic heterocycles. The van der Waals surface area contributed by atoms with Gasteiger partial charge in [0.25, 0.3) is 15.7 Å². The quantitative estimate of drug-likeness (QED) is 0.207. The summed E-state index contributed by atoms with van der Waals surface area (Å²) in [6, 6.07) is 8.93. The Bertz CT molecular complexity index is 1600. The number of H-pyrrole nitrogens is 1. The number of benzene rings is 1. The van der Waals surface area contributed by atoms with Crippen LogP contribution in [0.4, 0.5) is 0 Å². The predicted octanol–water partition coefficient (Wildman–Crippen LogP) is 5.44. The number of hydrogen-bond acceptors (Lipinski definition) is 11. The SMILES string of the molecule is COc1ccc(CS[C@]2(CCOS(C)(=O)=O)[C@@H]3O[Si](C(C)C)(C(C)C)O[Si](C(C)C)(C(C)C)OC[C@H]3O[C@H]2n2ccc(=O)[nH]c2=O)cc1. The molecule has 0 spiro atoms. The molecule has 0 radical (unpaired) electrons. The molecular weight excluding hydrogens is 693 g/mol. The van der Waals surface area contributed by atoms with Crippen LogP contribution in [0.1, 0.15) is 73.6 Å². The summed E-state index contributed by atoms with van der Waals surface area (Å²) in [6.45, 7) is 17.0. The minimum atomic E-state index is -3.80. The third-order valence-electron chi connectivity index (χ3n) is 9.42. The number of fused-ring (bicyclic) bond motifs is 1. The topological polar surface area (TPSA) is 144 Å². The van der Waals surface area contributed by atoms with Crippen molar-refractivity contribution in [3.8, 4) is 5.75 Å². The summed E-state index contributed by atoms with van der Waals surface area (Å²) < 4.78 is 64.3. The number of aromatic nitrogens is 2. The molecule has 2 aromatic rings. The van der Waals surface area contributed by atoms with Crippen LogP contribution in [0.2, 0.25) is 22.2 Å². The van der Waals surface area contributed by atoms with E-state index in [1.54, 1.807) is 7.11 Å². The molecule has 16 heteroatoms. The molecule has 12 nitrogen and oxygen atoms in total. The van der Waals surface area contributed by atoms with Gasteiger partial charge < -0.3 is 22.4 Å². The van der Waals surface area contributed by atoms with Crippen LogP contribution >= 0.6 is 11.8 Å². The second-order valence-electron chi connectivity index (χ2n) is 13.9. The summed E-state index contributed by atoms with van der Waals surface area (Å²) in [5, 5.41) is 0. The first-order valence-corrected chi connectivity index (χ1v) is 23.3. The molecule has 0 saturated carbocycles. The van der Waals surface area contributed by atoms with E-state index in [0.717, 1.165) is 11.8 Å². The Morgan fingerprint density at radius 2 is 1.58 bits per heavy atom. The Morgan fingerprint density at radius 3 is 2.10 bits per heavy atom. The Labute approximate surface area is 290 Å². The van der Waals surface area contributed by atoms with E-state index in [1.165, 1.54) is 28.6 Å². The molecule has 3 heterocycles. The van der Waals surface area contributed by atoms with Crippen molar-refractivity contribution < 1.29 is 35.0 Å². The van der Waals surface area contributed by atoms with Crippen molar-refractivity contribution in [2.75, 3.05) is 26.6 Å². The number of methoxy groups -OCH3 is 1. The molecule has 1 aromatic heterocycles. The van der Waals surface area contributed by atoms with Crippen molar-refractivity contribution in [2.24, 2.45) is 0 Å². The standard InChI is InChI=1S/C32H52N2O10S2Si2/c1-21(2)47(22(3)4)41-19-27-29(43-48(44-47,23(5)6)24(7)8)32(16-18-40-46(10,37)38,45-20-25-11-13-26(39-9)14-12-25)30(42-27)34-17-15-28(35)33-31(34)36/h11-15,17,21-24,27,29-30H,16,18-20H2,1-10H3,(H,33,35,36)/t27-,29-,30-,32-/m1/s1. The highest BCUT2D eigenvalue weighted by molar-refractivity contribution is 8.00. The van der Waals surface area contributed by atoms with Crippen molar-refractivity contribution in [2.45, 2.75) is 113 Å². The maximum absolute atomic E-state index is 13.5. The van der Waals surface area contributed by atoms with Crippen molar-refractivity contribution in [1.82, 2.24) is 9.55 Å². The van der Waals surface area contributed by atoms with Gasteiger partial charge >= 0.3 is 22.8 Å². The average molecular weight is 745 g/mol. The van der Waals surface area contributed by atoms with Gasteiger partial charge in [0.1, 0.15) is 11.9 Å². The zero-order valence-electron chi connectivity index (χ0n) is 29.7. The molecule has 270 valence electrons. The summed E-state index contributed by atoms with van der Waals surface area (Å²) in [6.07, 6.45) is 0.233. The van der Waals surface area contributed by atoms with E-state index in [4.69, 9.17) is 26.6 Å². The lowest BCUT2D eigenvalue weighted by atomic mass is 9.95. The molecule has 2 saturated heterocycles. The van der Waals surface area contributed by atoms with Gasteiger partial charge in [-0.2, -0.15) is 8.42 Å². The van der Waals surface area contributed by atoms with Crippen molar-refractivity contribution in [3.63, 3.8) is 0 Å². The highest BCUT2D eigenvalue weighted by Gasteiger charge is 2.66. The Morgan fingerprint density at radius 1 is 0.979 bits per heavy atom. The average Bonchev–Trinajstić information content (AvgIpc) is 3.26. The largest absolute Gasteiger partial charge is 0.497 e. The lowest BCUT2D eigenvalue weighted by Crippen LogP contribution is -2.67. The van der Waals surface area contributed by atoms with Crippen LogP contribution in [-0.2, 0) is 37.8 Å². The van der Waals surface area contributed by atoms with Crippen LogP contribution in [0.3, 0.4) is 0 Å². The fraction of sp³-hybridized carbons (Fsp3) is 0.688. The maximum Gasteiger partial charge on any atom is 0.335 e. The molecule has 2 fully saturated rings. The number of thioether (sulfide) groups is 1. The van der Waals surface area contributed by atoms with Crippen LogP contribution in [0.25, 0.3) is 0 Å². The highest BCUT2D eigenvalue weighted by atomic mass is 32.2. The molecule has 0 unspecified atom stereocenters. The Kier molecular flexibility index (Phi) is 12.4. The number of rotatable bonds is 13. The number of hydrogen-bond donors (Lipinski definition) is 1. The van der Waals surface area contributed by atoms with Crippen LogP contribution in [-0.4, -0.2) is 78.6 Å². The Balaban J connectivity index is 1.96. The summed E-state index contributed by atoms with van der Waals surface area (Å²) in [4.78, 5) is 28.0. The monoisotopic (exact) mass is 744 g/mol. The van der Waals surface area contributed by atoms with Crippen molar-refractivity contribution in [3.05, 3.63) is 62.9 Å². The van der Waals surface area contributed by atoms with E-state index < -0.39 is 61.7 Å².